The molecule has 3 rings (SSSR count). The van der Waals surface area contributed by atoms with Crippen LogP contribution in [0.3, 0.4) is 0 Å². The second-order valence-corrected chi connectivity index (χ2v) is 4.56. The molecule has 0 bridgehead atoms. The van der Waals surface area contributed by atoms with E-state index in [0.717, 1.165) is 21.9 Å². The van der Waals surface area contributed by atoms with Crippen LogP contribution in [0.1, 0.15) is 15.9 Å². The molecule has 0 spiro atoms. The van der Waals surface area contributed by atoms with E-state index >= 15 is 0 Å². The highest BCUT2D eigenvalue weighted by Gasteiger charge is 2.21. The van der Waals surface area contributed by atoms with Gasteiger partial charge in [-0.25, -0.2) is 0 Å². The zero-order valence-electron chi connectivity index (χ0n) is 10.3. The van der Waals surface area contributed by atoms with E-state index in [1.54, 1.807) is 0 Å². The maximum atomic E-state index is 12.4. The van der Waals surface area contributed by atoms with E-state index in [9.17, 15) is 4.79 Å². The Labute approximate surface area is 110 Å². The van der Waals surface area contributed by atoms with Gasteiger partial charge in [-0.15, -0.1) is 0 Å². The van der Waals surface area contributed by atoms with Crippen molar-refractivity contribution in [3.05, 3.63) is 53.1 Å². The van der Waals surface area contributed by atoms with Crippen LogP contribution in [0.4, 0.5) is 0 Å². The van der Waals surface area contributed by atoms with Crippen LogP contribution in [0.25, 0.3) is 16.8 Å². The number of benzene rings is 2. The van der Waals surface area contributed by atoms with Gasteiger partial charge < -0.3 is 0 Å². The number of Topliss-reactive ketones (excluding diaryl/α,β-unsaturated/α-hetero) is 1. The molecule has 0 unspecified atom stereocenters. The monoisotopic (exact) mass is 252 g/mol. The highest BCUT2D eigenvalue weighted by molar-refractivity contribution is 6.22. The SMILES string of the molecule is NC(N)=[NH+]CC1=Cc2cccc3cccc(c23)C1=O. The van der Waals surface area contributed by atoms with E-state index in [2.05, 4.69) is 4.99 Å². The third-order valence-electron chi connectivity index (χ3n) is 3.29. The van der Waals surface area contributed by atoms with Gasteiger partial charge >= 0.3 is 5.96 Å². The van der Waals surface area contributed by atoms with E-state index in [4.69, 9.17) is 11.5 Å². The van der Waals surface area contributed by atoms with Gasteiger partial charge in [-0.1, -0.05) is 36.4 Å². The fourth-order valence-corrected chi connectivity index (χ4v) is 2.43. The van der Waals surface area contributed by atoms with Crippen LogP contribution >= 0.6 is 0 Å². The molecule has 0 amide bonds. The molecule has 2 aromatic carbocycles. The van der Waals surface area contributed by atoms with E-state index in [1.165, 1.54) is 0 Å². The van der Waals surface area contributed by atoms with Gasteiger partial charge in [0.2, 0.25) is 0 Å². The maximum absolute atomic E-state index is 12.4. The van der Waals surface area contributed by atoms with Crippen molar-refractivity contribution in [1.29, 1.82) is 0 Å². The van der Waals surface area contributed by atoms with Gasteiger partial charge in [0, 0.05) is 16.5 Å². The lowest BCUT2D eigenvalue weighted by atomic mass is 9.88. The third kappa shape index (κ3) is 1.87. The Morgan fingerprint density at radius 2 is 1.84 bits per heavy atom. The Bertz CT molecular complexity index is 735. The summed E-state index contributed by atoms with van der Waals surface area (Å²) < 4.78 is 0. The predicted molar refractivity (Wildman–Crippen MR) is 75.5 cm³/mol. The number of ketones is 1. The fraction of sp³-hybridized carbons (Fsp3) is 0.0667. The first-order valence-corrected chi connectivity index (χ1v) is 6.05. The molecule has 0 saturated carbocycles. The standard InChI is InChI=1S/C15H13N3O/c16-15(17)18-8-11-7-10-5-1-3-9-4-2-6-12(13(9)10)14(11)19/h1-7H,8H2,(H4,16,17,18)/p+1. The molecule has 0 heterocycles. The van der Waals surface area contributed by atoms with Crippen LogP contribution in [0.15, 0.2) is 42.0 Å². The molecule has 2 aromatic rings. The van der Waals surface area contributed by atoms with Gasteiger partial charge in [-0.05, 0) is 17.0 Å². The Balaban J connectivity index is 2.19. The zero-order chi connectivity index (χ0) is 13.4. The van der Waals surface area contributed by atoms with Crippen molar-refractivity contribution in [2.24, 2.45) is 11.5 Å². The number of hydrogen-bond donors (Lipinski definition) is 3. The second-order valence-electron chi connectivity index (χ2n) is 4.56. The summed E-state index contributed by atoms with van der Waals surface area (Å²) in [7, 11) is 0. The van der Waals surface area contributed by atoms with Crippen LogP contribution in [0.5, 0.6) is 0 Å². The van der Waals surface area contributed by atoms with Crippen molar-refractivity contribution in [2.45, 2.75) is 0 Å². The highest BCUT2D eigenvalue weighted by atomic mass is 16.1. The topological polar surface area (TPSA) is 83.1 Å². The Morgan fingerprint density at radius 1 is 1.11 bits per heavy atom. The summed E-state index contributed by atoms with van der Waals surface area (Å²) in [5.41, 5.74) is 13.2. The molecule has 0 saturated heterocycles. The Kier molecular flexibility index (Phi) is 2.56. The first-order chi connectivity index (χ1) is 9.16. The average molecular weight is 252 g/mol. The molecule has 5 N–H and O–H groups in total. The second kappa shape index (κ2) is 4.24. The van der Waals surface area contributed by atoms with Crippen molar-refractivity contribution in [3.63, 3.8) is 0 Å². The maximum Gasteiger partial charge on any atom is 0.339 e. The quantitative estimate of drug-likeness (QED) is 0.510. The van der Waals surface area contributed by atoms with Crippen LogP contribution in [0, 0.1) is 0 Å². The summed E-state index contributed by atoms with van der Waals surface area (Å²) in [6, 6.07) is 11.8. The number of nitrogens with two attached hydrogens (primary N) is 2. The summed E-state index contributed by atoms with van der Waals surface area (Å²) in [5, 5.41) is 2.10. The van der Waals surface area contributed by atoms with Crippen LogP contribution < -0.4 is 16.5 Å². The smallest absolute Gasteiger partial charge is 0.291 e. The normalized spacial score (nSPS) is 13.3. The summed E-state index contributed by atoms with van der Waals surface area (Å²) >= 11 is 0. The van der Waals surface area contributed by atoms with Crippen molar-refractivity contribution in [2.75, 3.05) is 6.54 Å². The molecular formula is C15H14N3O+. The first-order valence-electron chi connectivity index (χ1n) is 6.05. The lowest BCUT2D eigenvalue weighted by Gasteiger charge is -2.15. The number of carbonyl (C=O) groups excluding carboxylic acids is 1. The number of rotatable bonds is 2. The lowest BCUT2D eigenvalue weighted by molar-refractivity contribution is -0.448. The zero-order valence-corrected chi connectivity index (χ0v) is 10.3. The number of guanidine groups is 1. The van der Waals surface area contributed by atoms with Gasteiger partial charge in [-0.3, -0.25) is 21.3 Å². The summed E-state index contributed by atoms with van der Waals surface area (Å²) in [6.45, 7) is 0.339. The third-order valence-corrected chi connectivity index (χ3v) is 3.29. The van der Waals surface area contributed by atoms with E-state index in [0.29, 0.717) is 12.1 Å². The van der Waals surface area contributed by atoms with Crippen LogP contribution in [0.2, 0.25) is 0 Å². The summed E-state index contributed by atoms with van der Waals surface area (Å²) in [5.74, 6) is 0.142. The molecule has 0 aromatic heterocycles. The minimum absolute atomic E-state index is 0.0260. The molecule has 1 aliphatic rings. The highest BCUT2D eigenvalue weighted by Crippen LogP contribution is 2.30. The van der Waals surface area contributed by atoms with Crippen molar-refractivity contribution >= 4 is 28.6 Å². The molecule has 1 aliphatic carbocycles. The van der Waals surface area contributed by atoms with Crippen LogP contribution in [-0.4, -0.2) is 18.3 Å². The average Bonchev–Trinajstić information content (AvgIpc) is 2.41. The van der Waals surface area contributed by atoms with Gasteiger partial charge in [0.05, 0.1) is 6.54 Å². The molecule has 94 valence electrons. The molecule has 4 nitrogen and oxygen atoms in total. The van der Waals surface area contributed by atoms with E-state index < -0.39 is 0 Å². The van der Waals surface area contributed by atoms with Gasteiger partial charge in [-0.2, -0.15) is 0 Å². The molecule has 0 aliphatic heterocycles. The number of carbonyl (C=O) groups is 1. The van der Waals surface area contributed by atoms with Crippen LogP contribution in [-0.2, 0) is 0 Å². The predicted octanol–water partition coefficient (Wildman–Crippen LogP) is -0.226. The molecule has 0 atom stereocenters. The fourth-order valence-electron chi connectivity index (χ4n) is 2.43. The minimum Gasteiger partial charge on any atom is -0.291 e. The van der Waals surface area contributed by atoms with Gasteiger partial charge in [0.15, 0.2) is 5.78 Å². The van der Waals surface area contributed by atoms with Gasteiger partial charge in [0.25, 0.3) is 0 Å². The molecule has 0 fully saturated rings. The van der Waals surface area contributed by atoms with Crippen molar-refractivity contribution in [1.82, 2.24) is 0 Å². The minimum atomic E-state index is 0.0260. The number of nitrogens with one attached hydrogen (secondary N) is 1. The summed E-state index contributed by atoms with van der Waals surface area (Å²) in [4.78, 5) is 15.2. The molecule has 4 heteroatoms. The van der Waals surface area contributed by atoms with Gasteiger partial charge in [0.1, 0.15) is 0 Å². The number of hydrogen-bond acceptors (Lipinski definition) is 1. The van der Waals surface area contributed by atoms with Crippen molar-refractivity contribution < 1.29 is 9.79 Å². The Hall–Kier alpha value is -2.62. The molecule has 19 heavy (non-hydrogen) atoms. The molecule has 0 radical (unpaired) electrons. The largest absolute Gasteiger partial charge is 0.339 e. The summed E-state index contributed by atoms with van der Waals surface area (Å²) in [6.07, 6.45) is 1.90. The first kappa shape index (κ1) is 11.5. The van der Waals surface area contributed by atoms with Crippen molar-refractivity contribution in [3.8, 4) is 0 Å². The Morgan fingerprint density at radius 3 is 2.58 bits per heavy atom. The lowest BCUT2D eigenvalue weighted by Crippen LogP contribution is -2.78. The van der Waals surface area contributed by atoms with E-state index in [-0.39, 0.29) is 11.7 Å². The van der Waals surface area contributed by atoms with E-state index in [1.807, 2.05) is 42.5 Å². The molecular weight excluding hydrogens is 238 g/mol.